The van der Waals surface area contributed by atoms with Gasteiger partial charge in [-0.2, -0.15) is 0 Å². The van der Waals surface area contributed by atoms with Crippen LogP contribution in [-0.2, 0) is 0 Å². The van der Waals surface area contributed by atoms with Crippen LogP contribution in [0.3, 0.4) is 0 Å². The number of fused-ring (bicyclic) bond motifs is 1. The maximum Gasteiger partial charge on any atom is 0.173 e. The normalized spacial score (nSPS) is 10.8. The van der Waals surface area contributed by atoms with E-state index < -0.39 is 0 Å². The molecule has 0 radical (unpaired) electrons. The molecule has 0 bridgehead atoms. The lowest BCUT2D eigenvalue weighted by Gasteiger charge is -1.97. The van der Waals surface area contributed by atoms with E-state index >= 15 is 0 Å². The van der Waals surface area contributed by atoms with Gasteiger partial charge in [0.1, 0.15) is 5.01 Å². The van der Waals surface area contributed by atoms with Crippen LogP contribution in [0.1, 0.15) is 27.6 Å². The second kappa shape index (κ2) is 6.10. The van der Waals surface area contributed by atoms with Crippen molar-refractivity contribution in [2.75, 3.05) is 5.33 Å². The van der Waals surface area contributed by atoms with Crippen molar-refractivity contribution in [3.05, 3.63) is 53.6 Å². The van der Waals surface area contributed by atoms with Crippen molar-refractivity contribution in [2.24, 2.45) is 0 Å². The van der Waals surface area contributed by atoms with Crippen LogP contribution in [0.4, 0.5) is 0 Å². The standard InChI is InChI=1S/C17H12BrNO2S/c1-10(20)11-2-4-12(5-3-11)17-19-14-7-6-13(15(21)9-18)8-16(14)22-17/h2-8H,9H2,1H3. The summed E-state index contributed by atoms with van der Waals surface area (Å²) < 4.78 is 0.984. The van der Waals surface area contributed by atoms with Crippen LogP contribution >= 0.6 is 27.3 Å². The van der Waals surface area contributed by atoms with Gasteiger partial charge in [-0.25, -0.2) is 4.98 Å². The molecule has 0 unspecified atom stereocenters. The maximum absolute atomic E-state index is 11.7. The number of thiazole rings is 1. The summed E-state index contributed by atoms with van der Waals surface area (Å²) in [7, 11) is 0. The van der Waals surface area contributed by atoms with Gasteiger partial charge in [-0.1, -0.05) is 40.2 Å². The molecule has 5 heteroatoms. The molecule has 1 heterocycles. The molecule has 3 aromatic rings. The summed E-state index contributed by atoms with van der Waals surface area (Å²) in [5.41, 5.74) is 3.22. The van der Waals surface area contributed by atoms with Crippen LogP contribution in [0.2, 0.25) is 0 Å². The molecule has 0 amide bonds. The van der Waals surface area contributed by atoms with Gasteiger partial charge in [0, 0.05) is 16.7 Å². The summed E-state index contributed by atoms with van der Waals surface area (Å²) in [5, 5.41) is 1.20. The van der Waals surface area contributed by atoms with Gasteiger partial charge in [0.05, 0.1) is 15.5 Å². The van der Waals surface area contributed by atoms with Gasteiger partial charge in [0.25, 0.3) is 0 Å². The molecule has 0 N–H and O–H groups in total. The van der Waals surface area contributed by atoms with Crippen molar-refractivity contribution in [1.82, 2.24) is 4.98 Å². The van der Waals surface area contributed by atoms with E-state index in [-0.39, 0.29) is 11.6 Å². The fourth-order valence-electron chi connectivity index (χ4n) is 2.15. The quantitative estimate of drug-likeness (QED) is 0.489. The molecule has 0 atom stereocenters. The first kappa shape index (κ1) is 15.1. The van der Waals surface area contributed by atoms with Crippen LogP contribution in [0, 0.1) is 0 Å². The van der Waals surface area contributed by atoms with Crippen LogP contribution in [-0.4, -0.2) is 21.9 Å². The zero-order valence-electron chi connectivity index (χ0n) is 11.8. The Balaban J connectivity index is 2.01. The fourth-order valence-corrected chi connectivity index (χ4v) is 3.48. The topological polar surface area (TPSA) is 47.0 Å². The smallest absolute Gasteiger partial charge is 0.173 e. The number of benzene rings is 2. The molecule has 0 spiro atoms. The maximum atomic E-state index is 11.7. The zero-order chi connectivity index (χ0) is 15.7. The molecule has 0 saturated carbocycles. The Hall–Kier alpha value is -1.85. The number of hydrogen-bond donors (Lipinski definition) is 0. The molecule has 0 aliphatic carbocycles. The highest BCUT2D eigenvalue weighted by atomic mass is 79.9. The summed E-state index contributed by atoms with van der Waals surface area (Å²) in [6, 6.07) is 13.0. The molecule has 3 rings (SSSR count). The number of ketones is 2. The third kappa shape index (κ3) is 2.87. The molecule has 0 fully saturated rings. The summed E-state index contributed by atoms with van der Waals surface area (Å²) in [5.74, 6) is 0.108. The largest absolute Gasteiger partial charge is 0.295 e. The van der Waals surface area contributed by atoms with Crippen LogP contribution in [0.15, 0.2) is 42.5 Å². The van der Waals surface area contributed by atoms with E-state index in [9.17, 15) is 9.59 Å². The molecule has 110 valence electrons. The van der Waals surface area contributed by atoms with Gasteiger partial charge in [-0.3, -0.25) is 9.59 Å². The monoisotopic (exact) mass is 373 g/mol. The third-order valence-corrected chi connectivity index (χ3v) is 4.95. The van der Waals surface area contributed by atoms with E-state index in [0.29, 0.717) is 16.5 Å². The minimum atomic E-state index is 0.0498. The van der Waals surface area contributed by atoms with Gasteiger partial charge in [0.15, 0.2) is 11.6 Å². The lowest BCUT2D eigenvalue weighted by molar-refractivity contribution is 0.101. The van der Waals surface area contributed by atoms with Gasteiger partial charge >= 0.3 is 0 Å². The average Bonchev–Trinajstić information content (AvgIpc) is 2.97. The molecule has 0 aliphatic rings. The molecule has 22 heavy (non-hydrogen) atoms. The summed E-state index contributed by atoms with van der Waals surface area (Å²) >= 11 is 4.73. The summed E-state index contributed by atoms with van der Waals surface area (Å²) in [6.45, 7) is 1.55. The SMILES string of the molecule is CC(=O)c1ccc(-c2nc3ccc(C(=O)CBr)cc3s2)cc1. The Morgan fingerprint density at radius 3 is 2.41 bits per heavy atom. The predicted molar refractivity (Wildman–Crippen MR) is 93.2 cm³/mol. The van der Waals surface area contributed by atoms with Crippen LogP contribution < -0.4 is 0 Å². The van der Waals surface area contributed by atoms with Crippen molar-refractivity contribution in [3.63, 3.8) is 0 Å². The number of halogens is 1. The van der Waals surface area contributed by atoms with E-state index in [4.69, 9.17) is 0 Å². The van der Waals surface area contributed by atoms with Crippen molar-refractivity contribution >= 4 is 49.0 Å². The summed E-state index contributed by atoms with van der Waals surface area (Å²) in [6.07, 6.45) is 0. The fraction of sp³-hybridized carbons (Fsp3) is 0.118. The highest BCUT2D eigenvalue weighted by Gasteiger charge is 2.10. The highest BCUT2D eigenvalue weighted by Crippen LogP contribution is 2.31. The Labute approximate surface area is 140 Å². The number of carbonyl (C=O) groups is 2. The van der Waals surface area contributed by atoms with Crippen molar-refractivity contribution in [1.29, 1.82) is 0 Å². The Bertz CT molecular complexity index is 868. The number of nitrogens with zero attached hydrogens (tertiary/aromatic N) is 1. The van der Waals surface area contributed by atoms with Gasteiger partial charge in [-0.15, -0.1) is 11.3 Å². The first-order valence-corrected chi connectivity index (χ1v) is 8.63. The van der Waals surface area contributed by atoms with Gasteiger partial charge < -0.3 is 0 Å². The Kier molecular flexibility index (Phi) is 4.18. The third-order valence-electron chi connectivity index (χ3n) is 3.37. The minimum absolute atomic E-state index is 0.0498. The van der Waals surface area contributed by atoms with Crippen LogP contribution in [0.25, 0.3) is 20.8 Å². The Morgan fingerprint density at radius 2 is 1.77 bits per heavy atom. The van der Waals surface area contributed by atoms with Gasteiger partial charge in [0.2, 0.25) is 0 Å². The molecular weight excluding hydrogens is 362 g/mol. The molecule has 0 saturated heterocycles. The highest BCUT2D eigenvalue weighted by molar-refractivity contribution is 9.09. The van der Waals surface area contributed by atoms with E-state index in [1.807, 2.05) is 36.4 Å². The minimum Gasteiger partial charge on any atom is -0.295 e. The Morgan fingerprint density at radius 1 is 1.09 bits per heavy atom. The molecule has 2 aromatic carbocycles. The van der Waals surface area contributed by atoms with E-state index in [1.165, 1.54) is 0 Å². The lowest BCUT2D eigenvalue weighted by atomic mass is 10.1. The van der Waals surface area contributed by atoms with Crippen LogP contribution in [0.5, 0.6) is 0 Å². The van der Waals surface area contributed by atoms with E-state index in [0.717, 1.165) is 20.8 Å². The zero-order valence-corrected chi connectivity index (χ0v) is 14.2. The van der Waals surface area contributed by atoms with Crippen molar-refractivity contribution < 1.29 is 9.59 Å². The lowest BCUT2D eigenvalue weighted by Crippen LogP contribution is -1.98. The second-order valence-corrected chi connectivity index (χ2v) is 6.48. The first-order chi connectivity index (χ1) is 10.6. The number of aromatic nitrogens is 1. The van der Waals surface area contributed by atoms with Gasteiger partial charge in [-0.05, 0) is 25.1 Å². The number of hydrogen-bond acceptors (Lipinski definition) is 4. The average molecular weight is 374 g/mol. The number of Topliss-reactive ketones (excluding diaryl/α,β-unsaturated/α-hetero) is 2. The first-order valence-electron chi connectivity index (χ1n) is 6.69. The number of rotatable bonds is 4. The van der Waals surface area contributed by atoms with E-state index in [2.05, 4.69) is 20.9 Å². The molecule has 1 aromatic heterocycles. The summed E-state index contributed by atoms with van der Waals surface area (Å²) in [4.78, 5) is 27.7. The predicted octanol–water partition coefficient (Wildman–Crippen LogP) is 4.74. The second-order valence-electron chi connectivity index (χ2n) is 4.89. The van der Waals surface area contributed by atoms with Crippen molar-refractivity contribution in [2.45, 2.75) is 6.92 Å². The number of alkyl halides is 1. The number of carbonyl (C=O) groups excluding carboxylic acids is 2. The molecule has 0 aliphatic heterocycles. The molecular formula is C17H12BrNO2S. The van der Waals surface area contributed by atoms with Crippen molar-refractivity contribution in [3.8, 4) is 10.6 Å². The van der Waals surface area contributed by atoms with E-state index in [1.54, 1.807) is 24.3 Å². The molecule has 3 nitrogen and oxygen atoms in total.